The highest BCUT2D eigenvalue weighted by Crippen LogP contribution is 2.50. The topological polar surface area (TPSA) is 161 Å². The summed E-state index contributed by atoms with van der Waals surface area (Å²) in [4.78, 5) is 52.1. The molecule has 2 aromatic rings. The minimum Gasteiger partial charge on any atom is -0.298 e. The van der Waals surface area contributed by atoms with Crippen molar-refractivity contribution >= 4 is 37.8 Å². The van der Waals surface area contributed by atoms with Gasteiger partial charge < -0.3 is 0 Å². The number of fused-ring (bicyclic) bond motifs is 3. The third kappa shape index (κ3) is 4.31. The van der Waals surface area contributed by atoms with Crippen LogP contribution in [-0.4, -0.2) is 57.0 Å². The van der Waals surface area contributed by atoms with Crippen LogP contribution in [0.5, 0.6) is 0 Å². The number of nitroso groups, excluding NO2 is 1. The van der Waals surface area contributed by atoms with Crippen molar-refractivity contribution in [2.75, 3.05) is 6.54 Å². The van der Waals surface area contributed by atoms with Gasteiger partial charge in [-0.2, -0.15) is 21.0 Å². The molecule has 0 bridgehead atoms. The van der Waals surface area contributed by atoms with E-state index in [1.807, 2.05) is 0 Å². The molecule has 1 aliphatic carbocycles. The molecule has 5 atom stereocenters. The fourth-order valence-corrected chi connectivity index (χ4v) is 8.15. The lowest BCUT2D eigenvalue weighted by Gasteiger charge is -2.18. The maximum Gasteiger partial charge on any atom is 0.329 e. The van der Waals surface area contributed by atoms with Crippen molar-refractivity contribution in [1.29, 1.82) is 0 Å². The van der Waals surface area contributed by atoms with Gasteiger partial charge in [-0.15, -0.1) is 9.35 Å². The standard InChI is InChI=1S/C25H25N2O10S2/c1-12-5-7-14(3)17(9-12)38(32,33)36-25-20-16(11-26(25)31)19-21(22(20)28)24(30)27(23(19)29)37-39(34,35)18-10-13(2)6-8-15(18)4/h5-10,16,19-21,25H,11H2,1-4H3/q+1. The van der Waals surface area contributed by atoms with E-state index in [-0.39, 0.29) is 19.6 Å². The third-order valence-electron chi connectivity index (χ3n) is 7.47. The normalized spacial score (nSPS) is 26.9. The summed E-state index contributed by atoms with van der Waals surface area (Å²) in [6.45, 7) is 5.92. The Bertz CT molecular complexity index is 1680. The van der Waals surface area contributed by atoms with E-state index in [0.29, 0.717) is 22.3 Å². The number of carbonyl (C=O) groups excluding carboxylic acids is 3. The van der Waals surface area contributed by atoms with E-state index >= 15 is 0 Å². The van der Waals surface area contributed by atoms with Crippen LogP contribution in [0.3, 0.4) is 0 Å². The van der Waals surface area contributed by atoms with Crippen LogP contribution >= 0.6 is 0 Å². The number of aryl methyl sites for hydroxylation is 4. The highest BCUT2D eigenvalue weighted by Gasteiger charge is 2.73. The molecule has 3 fully saturated rings. The van der Waals surface area contributed by atoms with Crippen molar-refractivity contribution < 1.29 is 44.4 Å². The van der Waals surface area contributed by atoms with E-state index < -0.39 is 74.3 Å². The Morgan fingerprint density at radius 1 is 0.795 bits per heavy atom. The molecule has 5 unspecified atom stereocenters. The highest BCUT2D eigenvalue weighted by molar-refractivity contribution is 7.87. The predicted molar refractivity (Wildman–Crippen MR) is 131 cm³/mol. The lowest BCUT2D eigenvalue weighted by molar-refractivity contribution is -0.603. The van der Waals surface area contributed by atoms with Crippen molar-refractivity contribution in [1.82, 2.24) is 5.06 Å². The molecule has 1 saturated carbocycles. The van der Waals surface area contributed by atoms with E-state index in [4.69, 9.17) is 8.47 Å². The number of nitrogens with zero attached hydrogens (tertiary/aromatic N) is 2. The van der Waals surface area contributed by atoms with E-state index in [0.717, 1.165) is 0 Å². The van der Waals surface area contributed by atoms with Crippen LogP contribution in [0.25, 0.3) is 0 Å². The van der Waals surface area contributed by atoms with Crippen molar-refractivity contribution in [2.45, 2.75) is 43.7 Å². The van der Waals surface area contributed by atoms with Crippen molar-refractivity contribution in [2.24, 2.45) is 23.7 Å². The molecule has 12 nitrogen and oxygen atoms in total. The molecule has 0 radical (unpaired) electrons. The van der Waals surface area contributed by atoms with Gasteiger partial charge in [-0.3, -0.25) is 14.4 Å². The number of ketones is 1. The van der Waals surface area contributed by atoms with Gasteiger partial charge in [-0.05, 0) is 62.1 Å². The van der Waals surface area contributed by atoms with Gasteiger partial charge in [0.1, 0.15) is 11.8 Å². The van der Waals surface area contributed by atoms with Crippen LogP contribution < -0.4 is 0 Å². The molecular formula is C25H25N2O10S2+. The van der Waals surface area contributed by atoms with Gasteiger partial charge in [0.25, 0.3) is 11.8 Å². The second-order valence-electron chi connectivity index (χ2n) is 10.2. The summed E-state index contributed by atoms with van der Waals surface area (Å²) in [5, 5.41) is 0.0662. The highest BCUT2D eigenvalue weighted by atomic mass is 32.2. The molecule has 3 aliphatic rings. The first-order valence-corrected chi connectivity index (χ1v) is 14.8. The Labute approximate surface area is 224 Å². The molecule has 2 aliphatic heterocycles. The van der Waals surface area contributed by atoms with Gasteiger partial charge >= 0.3 is 26.5 Å². The lowest BCUT2D eigenvalue weighted by Crippen LogP contribution is -2.40. The number of hydrogen-bond acceptors (Lipinski definition) is 10. The number of hydroxylamine groups is 2. The van der Waals surface area contributed by atoms with Crippen LogP contribution in [0.4, 0.5) is 0 Å². The molecule has 206 valence electrons. The van der Waals surface area contributed by atoms with Gasteiger partial charge in [0, 0.05) is 9.67 Å². The predicted octanol–water partition coefficient (Wildman–Crippen LogP) is 1.48. The number of carbonyl (C=O) groups is 3. The van der Waals surface area contributed by atoms with Crippen molar-refractivity contribution in [3.05, 3.63) is 63.6 Å². The Kier molecular flexibility index (Phi) is 6.37. The van der Waals surface area contributed by atoms with E-state index in [1.165, 1.54) is 25.1 Å². The molecule has 2 heterocycles. The van der Waals surface area contributed by atoms with E-state index in [9.17, 15) is 36.1 Å². The van der Waals surface area contributed by atoms with Gasteiger partial charge in [-0.25, -0.2) is 0 Å². The summed E-state index contributed by atoms with van der Waals surface area (Å²) < 4.78 is 62.4. The molecule has 2 aromatic carbocycles. The minimum absolute atomic E-state index is 0.0662. The molecule has 39 heavy (non-hydrogen) atoms. The zero-order valence-corrected chi connectivity index (χ0v) is 23.0. The lowest BCUT2D eigenvalue weighted by atomic mass is 9.90. The fraction of sp³-hybridized carbons (Fsp3) is 0.400. The number of imide groups is 1. The Morgan fingerprint density at radius 2 is 1.33 bits per heavy atom. The summed E-state index contributed by atoms with van der Waals surface area (Å²) in [7, 11) is -9.11. The number of Topliss-reactive ketones (excluding diaryl/α,β-unsaturated/α-hetero) is 1. The van der Waals surface area contributed by atoms with Gasteiger partial charge in [0.2, 0.25) is 0 Å². The molecule has 2 saturated heterocycles. The summed E-state index contributed by atoms with van der Waals surface area (Å²) in [6.07, 6.45) is -1.79. The maximum absolute atomic E-state index is 13.4. The third-order valence-corrected chi connectivity index (χ3v) is 10.2. The summed E-state index contributed by atoms with van der Waals surface area (Å²) >= 11 is 0. The Hall–Kier alpha value is -3.33. The van der Waals surface area contributed by atoms with Gasteiger partial charge in [0.15, 0.2) is 12.3 Å². The quantitative estimate of drug-likeness (QED) is 0.213. The average Bonchev–Trinajstić information content (AvgIpc) is 3.40. The first-order chi connectivity index (χ1) is 18.1. The molecule has 14 heteroatoms. The smallest absolute Gasteiger partial charge is 0.298 e. The molecular weight excluding hydrogens is 552 g/mol. The van der Waals surface area contributed by atoms with E-state index in [1.54, 1.807) is 39.0 Å². The minimum atomic E-state index is -4.62. The summed E-state index contributed by atoms with van der Waals surface area (Å²) in [6, 6.07) is 9.18. The first kappa shape index (κ1) is 27.2. The molecule has 0 aromatic heterocycles. The van der Waals surface area contributed by atoms with Crippen LogP contribution in [0.1, 0.15) is 22.3 Å². The zero-order valence-electron chi connectivity index (χ0n) is 21.4. The van der Waals surface area contributed by atoms with Crippen LogP contribution in [-0.2, 0) is 43.1 Å². The molecule has 5 rings (SSSR count). The van der Waals surface area contributed by atoms with Crippen molar-refractivity contribution in [3.8, 4) is 0 Å². The van der Waals surface area contributed by atoms with Gasteiger partial charge in [0.05, 0.1) is 21.6 Å². The maximum atomic E-state index is 13.4. The zero-order chi connectivity index (χ0) is 28.6. The van der Waals surface area contributed by atoms with E-state index in [2.05, 4.69) is 0 Å². The van der Waals surface area contributed by atoms with Crippen LogP contribution in [0.15, 0.2) is 46.2 Å². The number of hydrogen-bond donors (Lipinski definition) is 0. The summed E-state index contributed by atoms with van der Waals surface area (Å²) in [5.74, 6) is -8.63. The molecule has 0 spiro atoms. The Balaban J connectivity index is 1.42. The van der Waals surface area contributed by atoms with Crippen LogP contribution in [0.2, 0.25) is 0 Å². The number of amides is 2. The number of benzene rings is 2. The fourth-order valence-electron chi connectivity index (χ4n) is 5.56. The second-order valence-corrected chi connectivity index (χ2v) is 13.2. The SMILES string of the molecule is Cc1ccc(C)c(S(=O)(=O)OC2C3C(=O)C4C(=O)N(OS(=O)(=O)c5cc(C)ccc5C)C(=O)C4C3C[N+]2=O)c1. The number of rotatable bonds is 6. The molecule has 2 amide bonds. The largest absolute Gasteiger partial charge is 0.329 e. The molecule has 0 N–H and O–H groups in total. The summed E-state index contributed by atoms with van der Waals surface area (Å²) in [5.41, 5.74) is 1.91. The second kappa shape index (κ2) is 9.11. The van der Waals surface area contributed by atoms with Crippen molar-refractivity contribution in [3.63, 3.8) is 0 Å². The van der Waals surface area contributed by atoms with Crippen LogP contribution in [0, 0.1) is 56.3 Å². The monoisotopic (exact) mass is 577 g/mol. The Morgan fingerprint density at radius 3 is 1.90 bits per heavy atom. The average molecular weight is 578 g/mol. The first-order valence-electron chi connectivity index (χ1n) is 12.0. The van der Waals surface area contributed by atoms with Gasteiger partial charge in [-0.1, -0.05) is 24.3 Å².